The van der Waals surface area contributed by atoms with E-state index in [1.54, 1.807) is 42.3 Å². The average molecular weight is 338 g/mol. The van der Waals surface area contributed by atoms with Gasteiger partial charge in [0.1, 0.15) is 0 Å². The highest BCUT2D eigenvalue weighted by Crippen LogP contribution is 2.16. The van der Waals surface area contributed by atoms with Gasteiger partial charge in [-0.25, -0.2) is 4.68 Å². The Morgan fingerprint density at radius 2 is 1.96 bits per heavy atom. The van der Waals surface area contributed by atoms with Crippen LogP contribution in [-0.4, -0.2) is 37.2 Å². The van der Waals surface area contributed by atoms with E-state index in [4.69, 9.17) is 0 Å². The summed E-state index contributed by atoms with van der Waals surface area (Å²) in [5, 5.41) is 14.7. The fraction of sp³-hybridized carbons (Fsp3) is 0.235. The Balaban J connectivity index is 1.56. The molecule has 0 saturated carbocycles. The van der Waals surface area contributed by atoms with Crippen molar-refractivity contribution in [3.05, 3.63) is 64.7 Å². The number of nitrogens with one attached hydrogen (secondary N) is 1. The second kappa shape index (κ2) is 7.52. The number of aromatic nitrogens is 5. The van der Waals surface area contributed by atoms with Crippen LogP contribution < -0.4 is 10.9 Å². The van der Waals surface area contributed by atoms with Crippen LogP contribution in [0.2, 0.25) is 0 Å². The van der Waals surface area contributed by atoms with Gasteiger partial charge in [0.05, 0.1) is 11.9 Å². The maximum absolute atomic E-state index is 12.1. The number of nitrogens with zero attached hydrogens (tertiary/aromatic N) is 5. The zero-order chi connectivity index (χ0) is 17.6. The molecule has 0 radical (unpaired) electrons. The molecule has 128 valence electrons. The second-order valence-electron chi connectivity index (χ2n) is 5.53. The van der Waals surface area contributed by atoms with Crippen molar-refractivity contribution in [3.63, 3.8) is 0 Å². The van der Waals surface area contributed by atoms with Crippen LogP contribution in [0.5, 0.6) is 0 Å². The minimum absolute atomic E-state index is 0.126. The highest BCUT2D eigenvalue weighted by atomic mass is 16.1. The third-order valence-corrected chi connectivity index (χ3v) is 3.72. The van der Waals surface area contributed by atoms with E-state index in [1.165, 1.54) is 10.7 Å². The topological polar surface area (TPSA) is 94.7 Å². The van der Waals surface area contributed by atoms with E-state index in [1.807, 2.05) is 12.1 Å². The Hall–Kier alpha value is -3.29. The molecule has 3 aromatic rings. The molecule has 0 unspecified atom stereocenters. The molecule has 25 heavy (non-hydrogen) atoms. The van der Waals surface area contributed by atoms with Crippen molar-refractivity contribution >= 4 is 5.91 Å². The van der Waals surface area contributed by atoms with Crippen LogP contribution in [0.3, 0.4) is 0 Å². The van der Waals surface area contributed by atoms with Crippen molar-refractivity contribution in [2.45, 2.75) is 13.0 Å². The van der Waals surface area contributed by atoms with E-state index in [2.05, 4.69) is 20.7 Å². The maximum Gasteiger partial charge on any atom is 0.266 e. The van der Waals surface area contributed by atoms with Crippen LogP contribution in [0.4, 0.5) is 0 Å². The van der Waals surface area contributed by atoms with E-state index in [0.29, 0.717) is 24.3 Å². The van der Waals surface area contributed by atoms with Crippen molar-refractivity contribution in [2.75, 3.05) is 6.54 Å². The van der Waals surface area contributed by atoms with Crippen LogP contribution in [0, 0.1) is 0 Å². The quantitative estimate of drug-likeness (QED) is 0.673. The number of carbonyl (C=O) groups is 1. The number of amides is 1. The molecule has 0 spiro atoms. The molecule has 1 amide bonds. The minimum Gasteiger partial charge on any atom is -0.352 e. The molecule has 0 aliphatic rings. The first-order chi connectivity index (χ1) is 12.1. The van der Waals surface area contributed by atoms with E-state index >= 15 is 0 Å². The zero-order valence-corrected chi connectivity index (χ0v) is 13.8. The van der Waals surface area contributed by atoms with E-state index in [9.17, 15) is 9.59 Å². The third-order valence-electron chi connectivity index (χ3n) is 3.72. The monoisotopic (exact) mass is 338 g/mol. The Morgan fingerprint density at radius 3 is 2.64 bits per heavy atom. The molecule has 2 heterocycles. The lowest BCUT2D eigenvalue weighted by Crippen LogP contribution is -2.25. The lowest BCUT2D eigenvalue weighted by molar-refractivity contribution is 0.0952. The average Bonchev–Trinajstić information content (AvgIpc) is 3.14. The summed E-state index contributed by atoms with van der Waals surface area (Å²) in [5.74, 6) is -0.126. The van der Waals surface area contributed by atoms with Crippen molar-refractivity contribution < 1.29 is 4.79 Å². The molecular formula is C17H18N6O2. The smallest absolute Gasteiger partial charge is 0.266 e. The summed E-state index contributed by atoms with van der Waals surface area (Å²) in [6.07, 6.45) is 4.18. The SMILES string of the molecule is Cn1nc(-c2ccc(C(=O)NCCCn3ccnn3)cc2)ccc1=O. The molecule has 0 aliphatic carbocycles. The summed E-state index contributed by atoms with van der Waals surface area (Å²) in [6, 6.07) is 10.3. The third kappa shape index (κ3) is 4.17. The number of hydrogen-bond acceptors (Lipinski definition) is 5. The summed E-state index contributed by atoms with van der Waals surface area (Å²) in [6.45, 7) is 1.26. The molecule has 0 fully saturated rings. The second-order valence-corrected chi connectivity index (χ2v) is 5.53. The molecule has 1 N–H and O–H groups in total. The Bertz CT molecular complexity index is 900. The zero-order valence-electron chi connectivity index (χ0n) is 13.8. The lowest BCUT2D eigenvalue weighted by Gasteiger charge is -2.07. The molecule has 8 nitrogen and oxygen atoms in total. The van der Waals surface area contributed by atoms with Gasteiger partial charge in [-0.1, -0.05) is 17.3 Å². The van der Waals surface area contributed by atoms with Crippen LogP contribution >= 0.6 is 0 Å². The van der Waals surface area contributed by atoms with Crippen molar-refractivity contribution in [1.29, 1.82) is 0 Å². The predicted octanol–water partition coefficient (Wildman–Crippen LogP) is 0.859. The van der Waals surface area contributed by atoms with Gasteiger partial charge in [-0.15, -0.1) is 5.10 Å². The van der Waals surface area contributed by atoms with Gasteiger partial charge in [0, 0.05) is 43.5 Å². The van der Waals surface area contributed by atoms with Gasteiger partial charge >= 0.3 is 0 Å². The van der Waals surface area contributed by atoms with Gasteiger partial charge in [0.25, 0.3) is 11.5 Å². The van der Waals surface area contributed by atoms with Crippen molar-refractivity contribution in [2.24, 2.45) is 7.05 Å². The summed E-state index contributed by atoms with van der Waals surface area (Å²) < 4.78 is 3.01. The normalized spacial score (nSPS) is 10.6. The summed E-state index contributed by atoms with van der Waals surface area (Å²) >= 11 is 0. The molecule has 2 aromatic heterocycles. The highest BCUT2D eigenvalue weighted by Gasteiger charge is 2.07. The molecule has 0 saturated heterocycles. The fourth-order valence-corrected chi connectivity index (χ4v) is 2.35. The summed E-state index contributed by atoms with van der Waals surface area (Å²) in [5.41, 5.74) is 1.94. The van der Waals surface area contributed by atoms with Gasteiger partial charge in [-0.05, 0) is 24.6 Å². The lowest BCUT2D eigenvalue weighted by atomic mass is 10.1. The number of hydrogen-bond donors (Lipinski definition) is 1. The van der Waals surface area contributed by atoms with E-state index < -0.39 is 0 Å². The predicted molar refractivity (Wildman–Crippen MR) is 91.9 cm³/mol. The Labute approximate surface area is 144 Å². The van der Waals surface area contributed by atoms with Gasteiger partial charge in [-0.3, -0.25) is 14.3 Å². The number of carbonyl (C=O) groups excluding carboxylic acids is 1. The molecule has 0 atom stereocenters. The van der Waals surface area contributed by atoms with Gasteiger partial charge in [0.2, 0.25) is 0 Å². The van der Waals surface area contributed by atoms with Gasteiger partial charge in [-0.2, -0.15) is 5.10 Å². The Morgan fingerprint density at radius 1 is 1.16 bits per heavy atom. The van der Waals surface area contributed by atoms with E-state index in [0.717, 1.165) is 12.0 Å². The first kappa shape index (κ1) is 16.6. The molecule has 0 aliphatic heterocycles. The molecule has 0 bridgehead atoms. The highest BCUT2D eigenvalue weighted by molar-refractivity contribution is 5.94. The molecule has 8 heteroatoms. The Kier molecular flexibility index (Phi) is 4.98. The first-order valence-corrected chi connectivity index (χ1v) is 7.90. The van der Waals surface area contributed by atoms with Gasteiger partial charge < -0.3 is 5.32 Å². The summed E-state index contributed by atoms with van der Waals surface area (Å²) in [7, 11) is 1.60. The number of benzene rings is 1. The first-order valence-electron chi connectivity index (χ1n) is 7.90. The van der Waals surface area contributed by atoms with Crippen LogP contribution in [-0.2, 0) is 13.6 Å². The molecular weight excluding hydrogens is 320 g/mol. The van der Waals surface area contributed by atoms with Crippen molar-refractivity contribution in [3.8, 4) is 11.3 Å². The number of rotatable bonds is 6. The number of aryl methyl sites for hydroxylation is 2. The summed E-state index contributed by atoms with van der Waals surface area (Å²) in [4.78, 5) is 23.5. The molecule has 1 aromatic carbocycles. The minimum atomic E-state index is -0.161. The standard InChI is InChI=1S/C17H18N6O2/c1-22-16(24)8-7-15(20-22)13-3-5-14(6-4-13)17(25)18-9-2-11-23-12-10-19-21-23/h3-8,10,12H,2,9,11H2,1H3,(H,18,25). The van der Waals surface area contributed by atoms with Gasteiger partial charge in [0.15, 0.2) is 0 Å². The van der Waals surface area contributed by atoms with Crippen molar-refractivity contribution in [1.82, 2.24) is 30.1 Å². The fourth-order valence-electron chi connectivity index (χ4n) is 2.35. The maximum atomic E-state index is 12.1. The molecule has 3 rings (SSSR count). The van der Waals surface area contributed by atoms with Crippen LogP contribution in [0.1, 0.15) is 16.8 Å². The van der Waals surface area contributed by atoms with Crippen LogP contribution in [0.25, 0.3) is 11.3 Å². The largest absolute Gasteiger partial charge is 0.352 e. The van der Waals surface area contributed by atoms with Crippen LogP contribution in [0.15, 0.2) is 53.6 Å². The van der Waals surface area contributed by atoms with E-state index in [-0.39, 0.29) is 11.5 Å².